The number of rotatable bonds is 9. The van der Waals surface area contributed by atoms with Crippen molar-refractivity contribution in [1.82, 2.24) is 19.1 Å². The maximum Gasteiger partial charge on any atom is 0.330 e. The van der Waals surface area contributed by atoms with Crippen molar-refractivity contribution in [3.8, 4) is 0 Å². The number of aryl methyl sites for hydroxylation is 2. The zero-order chi connectivity index (χ0) is 22.5. The summed E-state index contributed by atoms with van der Waals surface area (Å²) in [7, 11) is 0. The van der Waals surface area contributed by atoms with Crippen LogP contribution < -0.4 is 11.2 Å². The quantitative estimate of drug-likeness (QED) is 0.484. The molecule has 0 saturated carbocycles. The van der Waals surface area contributed by atoms with Crippen molar-refractivity contribution in [2.45, 2.75) is 59.2 Å². The maximum atomic E-state index is 12.5. The van der Waals surface area contributed by atoms with Crippen LogP contribution in [0.15, 0.2) is 27.8 Å². The molecule has 0 spiro atoms. The van der Waals surface area contributed by atoms with E-state index in [0.717, 1.165) is 19.3 Å². The molecule has 0 aliphatic carbocycles. The van der Waals surface area contributed by atoms with Crippen LogP contribution in [0.25, 0.3) is 11.2 Å². The van der Waals surface area contributed by atoms with Gasteiger partial charge < -0.3 is 9.30 Å². The van der Waals surface area contributed by atoms with E-state index in [-0.39, 0.29) is 13.0 Å². The van der Waals surface area contributed by atoms with Gasteiger partial charge in [-0.15, -0.1) is 0 Å². The molecule has 2 aromatic heterocycles. The van der Waals surface area contributed by atoms with Crippen molar-refractivity contribution in [3.63, 3.8) is 0 Å². The second-order valence-corrected chi connectivity index (χ2v) is 7.97. The van der Waals surface area contributed by atoms with E-state index in [2.05, 4.69) is 9.97 Å². The number of carbonyl (C=O) groups is 1. The van der Waals surface area contributed by atoms with E-state index in [4.69, 9.17) is 27.9 Å². The second kappa shape index (κ2) is 10.2. The minimum atomic E-state index is -0.526. The Bertz CT molecular complexity index is 1190. The third-order valence-corrected chi connectivity index (χ3v) is 5.60. The zero-order valence-corrected chi connectivity index (χ0v) is 18.9. The summed E-state index contributed by atoms with van der Waals surface area (Å²) in [6.45, 7) is 4.77. The molecule has 166 valence electrons. The number of ether oxygens (including phenoxy) is 1. The van der Waals surface area contributed by atoms with Gasteiger partial charge in [0.15, 0.2) is 11.2 Å². The van der Waals surface area contributed by atoms with E-state index in [0.29, 0.717) is 45.7 Å². The highest BCUT2D eigenvalue weighted by atomic mass is 35.5. The first kappa shape index (κ1) is 23.1. The lowest BCUT2D eigenvalue weighted by Gasteiger charge is -2.09. The Morgan fingerprint density at radius 2 is 1.81 bits per heavy atom. The van der Waals surface area contributed by atoms with Gasteiger partial charge in [-0.1, -0.05) is 49.5 Å². The Morgan fingerprint density at radius 3 is 2.45 bits per heavy atom. The van der Waals surface area contributed by atoms with Crippen LogP contribution in [0.4, 0.5) is 0 Å². The van der Waals surface area contributed by atoms with Gasteiger partial charge in [0.05, 0.1) is 6.42 Å². The Labute approximate surface area is 188 Å². The number of aromatic amines is 1. The van der Waals surface area contributed by atoms with Gasteiger partial charge in [-0.25, -0.2) is 9.78 Å². The van der Waals surface area contributed by atoms with Crippen molar-refractivity contribution in [2.75, 3.05) is 0 Å². The lowest BCUT2D eigenvalue weighted by atomic mass is 10.1. The van der Waals surface area contributed by atoms with Gasteiger partial charge >= 0.3 is 11.7 Å². The number of halogens is 2. The molecule has 8 nitrogen and oxygen atoms in total. The normalized spacial score (nSPS) is 11.2. The van der Waals surface area contributed by atoms with Gasteiger partial charge in [-0.3, -0.25) is 19.1 Å². The first-order chi connectivity index (χ1) is 14.9. The molecule has 0 aliphatic rings. The number of H-pyrrole nitrogens is 1. The van der Waals surface area contributed by atoms with Crippen molar-refractivity contribution in [3.05, 3.63) is 60.5 Å². The molecule has 0 unspecified atom stereocenters. The lowest BCUT2D eigenvalue weighted by molar-refractivity contribution is -0.144. The van der Waals surface area contributed by atoms with Gasteiger partial charge in [0.2, 0.25) is 0 Å². The molecular weight excluding hydrogens is 443 g/mol. The first-order valence-corrected chi connectivity index (χ1v) is 10.9. The standard InChI is InChI=1S/C21H24Cl2N4O4/c1-3-5-10-27-19-18(20(29)25-21(27)30)26(9-4-2)16(24-19)12-31-17(28)11-13-14(22)7-6-8-15(13)23/h6-8H,3-5,9-12H2,1-2H3,(H,25,29,30). The van der Waals surface area contributed by atoms with Crippen LogP contribution >= 0.6 is 23.2 Å². The molecule has 3 aromatic rings. The molecule has 0 atom stereocenters. The van der Waals surface area contributed by atoms with Gasteiger partial charge in [-0.2, -0.15) is 0 Å². The van der Waals surface area contributed by atoms with Gasteiger partial charge in [-0.05, 0) is 25.0 Å². The Kier molecular flexibility index (Phi) is 7.56. The minimum absolute atomic E-state index is 0.0890. The van der Waals surface area contributed by atoms with Crippen LogP contribution in [0.3, 0.4) is 0 Å². The van der Waals surface area contributed by atoms with Crippen LogP contribution in [0, 0.1) is 0 Å². The summed E-state index contributed by atoms with van der Waals surface area (Å²) < 4.78 is 8.57. The zero-order valence-electron chi connectivity index (χ0n) is 17.4. The number of benzene rings is 1. The molecule has 0 aliphatic heterocycles. The number of imidazole rings is 1. The van der Waals surface area contributed by atoms with Crippen molar-refractivity contribution >= 4 is 40.3 Å². The molecule has 0 saturated heterocycles. The molecule has 0 fully saturated rings. The fourth-order valence-corrected chi connectivity index (χ4v) is 3.89. The monoisotopic (exact) mass is 466 g/mol. The van der Waals surface area contributed by atoms with Crippen LogP contribution in [0.1, 0.15) is 44.5 Å². The van der Waals surface area contributed by atoms with Crippen LogP contribution in [0.2, 0.25) is 10.0 Å². The highest BCUT2D eigenvalue weighted by Gasteiger charge is 2.20. The van der Waals surface area contributed by atoms with E-state index in [1.807, 2.05) is 13.8 Å². The number of hydrogen-bond acceptors (Lipinski definition) is 5. The van der Waals surface area contributed by atoms with Crippen molar-refractivity contribution < 1.29 is 9.53 Å². The summed E-state index contributed by atoms with van der Waals surface area (Å²) >= 11 is 12.2. The van der Waals surface area contributed by atoms with Crippen molar-refractivity contribution in [2.24, 2.45) is 0 Å². The number of carbonyl (C=O) groups excluding carboxylic acids is 1. The average molecular weight is 467 g/mol. The Hall–Kier alpha value is -2.58. The summed E-state index contributed by atoms with van der Waals surface area (Å²) in [4.78, 5) is 44.1. The summed E-state index contributed by atoms with van der Waals surface area (Å²) in [5, 5.41) is 0.767. The molecule has 3 rings (SSSR count). The predicted molar refractivity (Wildman–Crippen MR) is 120 cm³/mol. The average Bonchev–Trinajstić information content (AvgIpc) is 3.08. The first-order valence-electron chi connectivity index (χ1n) is 10.2. The maximum absolute atomic E-state index is 12.5. The SMILES string of the molecule is CCCCn1c(=O)[nH]c(=O)c2c1nc(COC(=O)Cc1c(Cl)cccc1Cl)n2CCC. The molecule has 1 aromatic carbocycles. The highest BCUT2D eigenvalue weighted by Crippen LogP contribution is 2.25. The molecule has 0 amide bonds. The van der Waals surface area contributed by atoms with Crippen LogP contribution in [-0.4, -0.2) is 25.1 Å². The summed E-state index contributed by atoms with van der Waals surface area (Å²) in [6, 6.07) is 5.00. The lowest BCUT2D eigenvalue weighted by Crippen LogP contribution is -2.31. The Balaban J connectivity index is 1.91. The molecule has 0 radical (unpaired) electrons. The molecule has 10 heteroatoms. The fourth-order valence-electron chi connectivity index (χ4n) is 3.36. The van der Waals surface area contributed by atoms with Crippen molar-refractivity contribution in [1.29, 1.82) is 0 Å². The molecule has 1 N–H and O–H groups in total. The number of nitrogens with one attached hydrogen (secondary N) is 1. The van der Waals surface area contributed by atoms with Crippen LogP contribution in [0.5, 0.6) is 0 Å². The number of aromatic nitrogens is 4. The summed E-state index contributed by atoms with van der Waals surface area (Å²) in [5.41, 5.74) is 0.0921. The van der Waals surface area contributed by atoms with E-state index in [1.54, 1.807) is 22.8 Å². The molecule has 31 heavy (non-hydrogen) atoms. The smallest absolute Gasteiger partial charge is 0.330 e. The number of esters is 1. The number of fused-ring (bicyclic) bond motifs is 1. The molecule has 0 bridgehead atoms. The summed E-state index contributed by atoms with van der Waals surface area (Å²) in [6.07, 6.45) is 2.30. The number of hydrogen-bond donors (Lipinski definition) is 1. The third kappa shape index (κ3) is 5.02. The number of nitrogens with zero attached hydrogens (tertiary/aromatic N) is 3. The largest absolute Gasteiger partial charge is 0.457 e. The van der Waals surface area contributed by atoms with Crippen LogP contribution in [-0.2, 0) is 35.6 Å². The highest BCUT2D eigenvalue weighted by molar-refractivity contribution is 6.36. The van der Waals surface area contributed by atoms with E-state index >= 15 is 0 Å². The summed E-state index contributed by atoms with van der Waals surface area (Å²) in [5.74, 6) is -0.126. The van der Waals surface area contributed by atoms with Gasteiger partial charge in [0.1, 0.15) is 12.4 Å². The topological polar surface area (TPSA) is 99.0 Å². The van der Waals surface area contributed by atoms with E-state index < -0.39 is 17.2 Å². The van der Waals surface area contributed by atoms with E-state index in [1.165, 1.54) is 4.57 Å². The molecule has 2 heterocycles. The van der Waals surface area contributed by atoms with E-state index in [9.17, 15) is 14.4 Å². The molecular formula is C21H24Cl2N4O4. The fraction of sp³-hybridized carbons (Fsp3) is 0.429. The predicted octanol–water partition coefficient (Wildman–Crippen LogP) is 3.69. The Morgan fingerprint density at radius 1 is 1.10 bits per heavy atom. The second-order valence-electron chi connectivity index (χ2n) is 7.15. The van der Waals surface area contributed by atoms with Gasteiger partial charge in [0.25, 0.3) is 5.56 Å². The third-order valence-electron chi connectivity index (χ3n) is 4.89. The van der Waals surface area contributed by atoms with Gasteiger partial charge in [0, 0.05) is 28.7 Å². The number of unbranched alkanes of at least 4 members (excludes halogenated alkanes) is 1. The minimum Gasteiger partial charge on any atom is -0.457 e.